The van der Waals surface area contributed by atoms with E-state index in [4.69, 9.17) is 18.9 Å². The summed E-state index contributed by atoms with van der Waals surface area (Å²) in [5, 5.41) is 7.25. The van der Waals surface area contributed by atoms with Gasteiger partial charge in [0.15, 0.2) is 0 Å². The van der Waals surface area contributed by atoms with Gasteiger partial charge in [0.1, 0.15) is 5.76 Å². The number of thiophene rings is 2. The van der Waals surface area contributed by atoms with Crippen molar-refractivity contribution >= 4 is 108 Å². The highest BCUT2D eigenvalue weighted by Crippen LogP contribution is 2.56. The molecule has 2 heterocycles. The van der Waals surface area contributed by atoms with Gasteiger partial charge < -0.3 is 18.9 Å². The number of carbonyl (C=O) groups excluding carboxylic acids is 3. The normalized spacial score (nSPS) is 12.1. The van der Waals surface area contributed by atoms with Crippen molar-refractivity contribution in [3.63, 3.8) is 0 Å². The molecule has 2 aromatic heterocycles. The van der Waals surface area contributed by atoms with Crippen molar-refractivity contribution in [3.8, 4) is 0 Å². The van der Waals surface area contributed by atoms with Gasteiger partial charge in [-0.1, -0.05) is 137 Å². The lowest BCUT2D eigenvalue weighted by molar-refractivity contribution is 0.0488. The van der Waals surface area contributed by atoms with Crippen LogP contribution in [0.4, 0.5) is 0 Å². The molecular weight excluding hydrogens is 813 g/mol. The Morgan fingerprint density at radius 2 is 0.645 bits per heavy atom. The molecular formula is C53H66O7S2. The number of hydrogen-bond acceptors (Lipinski definition) is 9. The van der Waals surface area contributed by atoms with Gasteiger partial charge in [-0.2, -0.15) is 0 Å². The third-order valence-corrected chi connectivity index (χ3v) is 14.7. The molecule has 0 amide bonds. The van der Waals surface area contributed by atoms with Crippen LogP contribution in [-0.4, -0.2) is 44.3 Å². The zero-order valence-electron chi connectivity index (χ0n) is 37.7. The molecule has 332 valence electrons. The van der Waals surface area contributed by atoms with Crippen molar-refractivity contribution in [2.24, 2.45) is 0 Å². The van der Waals surface area contributed by atoms with Crippen molar-refractivity contribution in [1.29, 1.82) is 0 Å². The number of ether oxygens (including phenoxy) is 4. The van der Waals surface area contributed by atoms with Crippen molar-refractivity contribution in [2.45, 2.75) is 156 Å². The maximum Gasteiger partial charge on any atom is 0.338 e. The Hall–Kier alpha value is -4.21. The van der Waals surface area contributed by atoms with Gasteiger partial charge in [0.05, 0.1) is 43.1 Å². The van der Waals surface area contributed by atoms with Gasteiger partial charge >= 0.3 is 17.9 Å². The molecule has 0 saturated heterocycles. The van der Waals surface area contributed by atoms with Crippen LogP contribution in [0.25, 0.3) is 67.6 Å². The molecule has 0 aliphatic rings. The average molecular weight is 879 g/mol. The molecule has 9 heteroatoms. The lowest BCUT2D eigenvalue weighted by atomic mass is 9.84. The molecule has 7 aromatic rings. The minimum Gasteiger partial charge on any atom is -0.494 e. The zero-order chi connectivity index (χ0) is 43.6. The molecule has 0 aliphatic heterocycles. The van der Waals surface area contributed by atoms with Gasteiger partial charge in [0, 0.05) is 67.5 Å². The van der Waals surface area contributed by atoms with Crippen molar-refractivity contribution in [2.75, 3.05) is 26.4 Å². The predicted molar refractivity (Wildman–Crippen MR) is 262 cm³/mol. The summed E-state index contributed by atoms with van der Waals surface area (Å²) in [4.78, 5) is 43.0. The van der Waals surface area contributed by atoms with Gasteiger partial charge in [0.25, 0.3) is 0 Å². The van der Waals surface area contributed by atoms with E-state index >= 15 is 0 Å². The average Bonchev–Trinajstić information content (AvgIpc) is 3.85. The van der Waals surface area contributed by atoms with Crippen LogP contribution >= 0.6 is 22.7 Å². The van der Waals surface area contributed by atoms with E-state index in [0.29, 0.717) is 54.3 Å². The van der Waals surface area contributed by atoms with Crippen LogP contribution in [0.15, 0.2) is 30.8 Å². The van der Waals surface area contributed by atoms with Gasteiger partial charge in [-0.25, -0.2) is 14.4 Å². The number of hydrogen-bond donors (Lipinski definition) is 0. The molecule has 0 atom stereocenters. The van der Waals surface area contributed by atoms with Gasteiger partial charge in [-0.3, -0.25) is 0 Å². The highest BCUT2D eigenvalue weighted by Gasteiger charge is 2.33. The van der Waals surface area contributed by atoms with Crippen LogP contribution in [0, 0.1) is 0 Å². The maximum absolute atomic E-state index is 14.4. The first-order valence-electron chi connectivity index (χ1n) is 23.9. The summed E-state index contributed by atoms with van der Waals surface area (Å²) in [7, 11) is 0. The molecule has 0 N–H and O–H groups in total. The Bertz CT molecular complexity index is 2240. The number of benzene rings is 5. The summed E-state index contributed by atoms with van der Waals surface area (Å²) in [6, 6.07) is 7.92. The SMILES string of the molecule is C=C(OCCCCCCC)c1cc2sc3cc(C(=O)OCCCCCCC)c4c(C(=O)OCCCCCCC)cc5sc6cc(C(=O)OCCCCCCC)c1c1c2c3c4c5c61. The van der Waals surface area contributed by atoms with E-state index in [9.17, 15) is 14.4 Å². The molecule has 0 bridgehead atoms. The topological polar surface area (TPSA) is 88.1 Å². The zero-order valence-corrected chi connectivity index (χ0v) is 39.3. The Labute approximate surface area is 375 Å². The summed E-state index contributed by atoms with van der Waals surface area (Å²) >= 11 is 3.18. The van der Waals surface area contributed by atoms with Crippen LogP contribution < -0.4 is 0 Å². The van der Waals surface area contributed by atoms with Crippen LogP contribution in [0.2, 0.25) is 0 Å². The van der Waals surface area contributed by atoms with Crippen LogP contribution in [0.1, 0.15) is 193 Å². The highest BCUT2D eigenvalue weighted by atomic mass is 32.1. The first kappa shape index (κ1) is 45.8. The van der Waals surface area contributed by atoms with E-state index < -0.39 is 11.9 Å². The molecule has 7 nitrogen and oxygen atoms in total. The summed E-state index contributed by atoms with van der Waals surface area (Å²) in [6.07, 6.45) is 21.2. The monoisotopic (exact) mass is 878 g/mol. The van der Waals surface area contributed by atoms with Crippen LogP contribution in [-0.2, 0) is 18.9 Å². The summed E-state index contributed by atoms with van der Waals surface area (Å²) in [5.74, 6) is -0.682. The lowest BCUT2D eigenvalue weighted by Gasteiger charge is -2.20. The van der Waals surface area contributed by atoms with Crippen molar-refractivity contribution in [1.82, 2.24) is 0 Å². The minimum atomic E-state index is -0.433. The molecule has 0 spiro atoms. The van der Waals surface area contributed by atoms with Crippen LogP contribution in [0.5, 0.6) is 0 Å². The fraction of sp³-hybridized carbons (Fsp3) is 0.528. The second-order valence-corrected chi connectivity index (χ2v) is 19.4. The second-order valence-electron chi connectivity index (χ2n) is 17.2. The molecule has 5 aromatic carbocycles. The quantitative estimate of drug-likeness (QED) is 0.0116. The van der Waals surface area contributed by atoms with Crippen molar-refractivity contribution < 1.29 is 33.3 Å². The molecule has 0 unspecified atom stereocenters. The standard InChI is InChI=1S/C53H66O7S2/c1-6-10-14-18-22-26-57-34(5)35-30-39-45-47-41(61-39)32-37(52(55)59-28-24-20-16-12-8-3)44-38(53(56)60-29-25-21-17-13-9-4)33-42-48(50(44)47)46-40(62-42)31-36(43(35)49(45)46)51(54)58-27-23-19-15-11-7-2/h30-33H,5-29H2,1-4H3. The summed E-state index contributed by atoms with van der Waals surface area (Å²) in [5.41, 5.74) is 2.05. The first-order chi connectivity index (χ1) is 30.3. The third kappa shape index (κ3) is 9.64. The van der Waals surface area contributed by atoms with Gasteiger partial charge in [-0.05, 0) is 49.9 Å². The molecule has 0 saturated carbocycles. The first-order valence-corrected chi connectivity index (χ1v) is 25.5. The van der Waals surface area contributed by atoms with E-state index in [1.54, 1.807) is 22.7 Å². The Balaban J connectivity index is 1.39. The number of carbonyl (C=O) groups is 3. The van der Waals surface area contributed by atoms with Crippen molar-refractivity contribution in [3.05, 3.63) is 53.1 Å². The summed E-state index contributed by atoms with van der Waals surface area (Å²) < 4.78 is 28.3. The largest absolute Gasteiger partial charge is 0.494 e. The number of esters is 3. The number of rotatable bonds is 29. The smallest absolute Gasteiger partial charge is 0.338 e. The van der Waals surface area contributed by atoms with Crippen LogP contribution in [0.3, 0.4) is 0 Å². The Morgan fingerprint density at radius 3 is 0.968 bits per heavy atom. The third-order valence-electron chi connectivity index (χ3n) is 12.5. The fourth-order valence-corrected chi connectivity index (χ4v) is 11.7. The van der Waals surface area contributed by atoms with E-state index in [2.05, 4.69) is 40.3 Å². The molecule has 0 radical (unpaired) electrons. The Morgan fingerprint density at radius 1 is 0.371 bits per heavy atom. The predicted octanol–water partition coefficient (Wildman–Crippen LogP) is 16.4. The maximum atomic E-state index is 14.4. The Kier molecular flexibility index (Phi) is 16.2. The summed E-state index contributed by atoms with van der Waals surface area (Å²) in [6.45, 7) is 14.8. The molecule has 0 fully saturated rings. The molecule has 0 aliphatic carbocycles. The fourth-order valence-electron chi connectivity index (χ4n) is 9.25. The number of unbranched alkanes of at least 4 members (excludes halogenated alkanes) is 16. The highest BCUT2D eigenvalue weighted by molar-refractivity contribution is 7.27. The van der Waals surface area contributed by atoms with E-state index in [1.165, 1.54) is 25.7 Å². The molecule has 7 rings (SSSR count). The second kappa shape index (κ2) is 21.9. The van der Waals surface area contributed by atoms with E-state index in [0.717, 1.165) is 165 Å². The minimum absolute atomic E-state index is 0.317. The molecule has 62 heavy (non-hydrogen) atoms. The van der Waals surface area contributed by atoms with Gasteiger partial charge in [0.2, 0.25) is 0 Å². The van der Waals surface area contributed by atoms with E-state index in [-0.39, 0.29) is 5.97 Å². The van der Waals surface area contributed by atoms with E-state index in [1.807, 2.05) is 18.2 Å². The van der Waals surface area contributed by atoms with Gasteiger partial charge in [-0.15, -0.1) is 22.7 Å². The lowest BCUT2D eigenvalue weighted by Crippen LogP contribution is -2.12.